The fourth-order valence-electron chi connectivity index (χ4n) is 2.38. The van der Waals surface area contributed by atoms with E-state index in [0.29, 0.717) is 31.0 Å². The highest BCUT2D eigenvalue weighted by molar-refractivity contribution is 6.08. The third-order valence-corrected chi connectivity index (χ3v) is 3.40. The Bertz CT molecular complexity index is 684. The van der Waals surface area contributed by atoms with Gasteiger partial charge in [-0.2, -0.15) is 0 Å². The quantitative estimate of drug-likeness (QED) is 0.844. The van der Waals surface area contributed by atoms with E-state index in [1.54, 1.807) is 4.90 Å². The van der Waals surface area contributed by atoms with Crippen LogP contribution in [0.25, 0.3) is 0 Å². The fraction of sp³-hybridized carbons (Fsp3) is 0.188. The maximum Gasteiger partial charge on any atom is 0.262 e. The number of ether oxygens (including phenoxy) is 1. The molecule has 2 aromatic rings. The zero-order chi connectivity index (χ0) is 14.8. The fourth-order valence-corrected chi connectivity index (χ4v) is 2.38. The predicted molar refractivity (Wildman–Crippen MR) is 78.0 cm³/mol. The number of benzene rings is 2. The van der Waals surface area contributed by atoms with Crippen LogP contribution in [0.5, 0.6) is 17.2 Å². The Morgan fingerprint density at radius 2 is 1.95 bits per heavy atom. The van der Waals surface area contributed by atoms with Gasteiger partial charge in [0.05, 0.1) is 17.9 Å². The molecule has 0 saturated heterocycles. The van der Waals surface area contributed by atoms with E-state index in [1.807, 2.05) is 24.3 Å². The van der Waals surface area contributed by atoms with Gasteiger partial charge in [0, 0.05) is 12.6 Å². The van der Waals surface area contributed by atoms with Crippen molar-refractivity contribution in [2.45, 2.75) is 6.42 Å². The van der Waals surface area contributed by atoms with E-state index < -0.39 is 0 Å². The number of phenols is 2. The summed E-state index contributed by atoms with van der Waals surface area (Å²) < 4.78 is 5.62. The van der Waals surface area contributed by atoms with Gasteiger partial charge >= 0.3 is 0 Å². The number of carbonyl (C=O) groups excluding carboxylic acids is 1. The van der Waals surface area contributed by atoms with Crippen LogP contribution in [0.1, 0.15) is 16.8 Å². The average Bonchev–Trinajstić information content (AvgIpc) is 2.69. The van der Waals surface area contributed by atoms with E-state index in [4.69, 9.17) is 4.74 Å². The zero-order valence-corrected chi connectivity index (χ0v) is 11.3. The summed E-state index contributed by atoms with van der Waals surface area (Å²) in [6.07, 6.45) is 0.708. The molecular weight excluding hydrogens is 270 g/mol. The second kappa shape index (κ2) is 5.36. The van der Waals surface area contributed by atoms with Crippen molar-refractivity contribution in [3.05, 3.63) is 48.0 Å². The van der Waals surface area contributed by atoms with Crippen LogP contribution in [0.2, 0.25) is 0 Å². The monoisotopic (exact) mass is 285 g/mol. The molecule has 5 nitrogen and oxygen atoms in total. The first-order valence-electron chi connectivity index (χ1n) is 6.72. The van der Waals surface area contributed by atoms with Crippen LogP contribution in [0.4, 0.5) is 5.69 Å². The second-order valence-electron chi connectivity index (χ2n) is 4.83. The summed E-state index contributed by atoms with van der Waals surface area (Å²) in [7, 11) is 0. The SMILES string of the molecule is O=C(c1ccc(O)cc1O)N1CCCOc2ccccc21. The maximum absolute atomic E-state index is 12.7. The minimum Gasteiger partial charge on any atom is -0.508 e. The van der Waals surface area contributed by atoms with E-state index in [-0.39, 0.29) is 23.0 Å². The molecule has 0 aliphatic carbocycles. The lowest BCUT2D eigenvalue weighted by atomic mass is 10.1. The van der Waals surface area contributed by atoms with E-state index >= 15 is 0 Å². The summed E-state index contributed by atoms with van der Waals surface area (Å²) in [6.45, 7) is 1.05. The molecular formula is C16H15NO4. The van der Waals surface area contributed by atoms with E-state index in [0.717, 1.165) is 6.07 Å². The highest BCUT2D eigenvalue weighted by Gasteiger charge is 2.24. The number of fused-ring (bicyclic) bond motifs is 1. The smallest absolute Gasteiger partial charge is 0.262 e. The Morgan fingerprint density at radius 3 is 2.76 bits per heavy atom. The van der Waals surface area contributed by atoms with Crippen LogP contribution in [0, 0.1) is 0 Å². The van der Waals surface area contributed by atoms with Gasteiger partial charge in [-0.3, -0.25) is 4.79 Å². The van der Waals surface area contributed by atoms with Crippen LogP contribution >= 0.6 is 0 Å². The van der Waals surface area contributed by atoms with Gasteiger partial charge < -0.3 is 19.8 Å². The first-order chi connectivity index (χ1) is 10.2. The number of para-hydroxylation sites is 2. The molecule has 21 heavy (non-hydrogen) atoms. The van der Waals surface area contributed by atoms with Crippen molar-refractivity contribution < 1.29 is 19.7 Å². The maximum atomic E-state index is 12.7. The normalized spacial score (nSPS) is 14.0. The first-order valence-corrected chi connectivity index (χ1v) is 6.72. The van der Waals surface area contributed by atoms with Crippen LogP contribution in [0.15, 0.2) is 42.5 Å². The molecule has 2 N–H and O–H groups in total. The summed E-state index contributed by atoms with van der Waals surface area (Å²) in [6, 6.07) is 11.3. The Labute approximate surface area is 122 Å². The largest absolute Gasteiger partial charge is 0.508 e. The minimum absolute atomic E-state index is 0.0800. The molecule has 0 spiro atoms. The van der Waals surface area contributed by atoms with E-state index in [1.165, 1.54) is 12.1 Å². The third-order valence-electron chi connectivity index (χ3n) is 3.40. The Morgan fingerprint density at radius 1 is 1.14 bits per heavy atom. The van der Waals surface area contributed by atoms with Crippen molar-refractivity contribution in [1.82, 2.24) is 0 Å². The standard InChI is InChI=1S/C16H15NO4/c18-11-6-7-12(14(19)10-11)16(20)17-8-3-9-21-15-5-2-1-4-13(15)17/h1-2,4-7,10,18-19H,3,8-9H2. The summed E-state index contributed by atoms with van der Waals surface area (Å²) in [5.41, 5.74) is 0.844. The van der Waals surface area contributed by atoms with Gasteiger partial charge in [-0.05, 0) is 30.7 Å². The Hall–Kier alpha value is -2.69. The van der Waals surface area contributed by atoms with Crippen molar-refractivity contribution in [3.8, 4) is 17.2 Å². The molecule has 0 bridgehead atoms. The lowest BCUT2D eigenvalue weighted by Gasteiger charge is -2.22. The molecule has 0 fully saturated rings. The molecule has 1 aliphatic heterocycles. The molecule has 0 saturated carbocycles. The lowest BCUT2D eigenvalue weighted by Crippen LogP contribution is -2.31. The van der Waals surface area contributed by atoms with Crippen LogP contribution in [0.3, 0.4) is 0 Å². The third kappa shape index (κ3) is 2.50. The molecule has 5 heteroatoms. The summed E-state index contributed by atoms with van der Waals surface area (Å²) in [5, 5.41) is 19.2. The van der Waals surface area contributed by atoms with Crippen LogP contribution in [-0.4, -0.2) is 29.3 Å². The van der Waals surface area contributed by atoms with Gasteiger partial charge in [0.1, 0.15) is 17.2 Å². The molecule has 1 heterocycles. The van der Waals surface area contributed by atoms with Gasteiger partial charge in [-0.15, -0.1) is 0 Å². The van der Waals surface area contributed by atoms with Gasteiger partial charge in [0.2, 0.25) is 0 Å². The molecule has 3 rings (SSSR count). The second-order valence-corrected chi connectivity index (χ2v) is 4.83. The topological polar surface area (TPSA) is 70.0 Å². The number of hydrogen-bond donors (Lipinski definition) is 2. The minimum atomic E-state index is -0.314. The molecule has 0 aromatic heterocycles. The van der Waals surface area contributed by atoms with Gasteiger partial charge in [-0.1, -0.05) is 12.1 Å². The number of anilines is 1. The van der Waals surface area contributed by atoms with Crippen molar-refractivity contribution in [3.63, 3.8) is 0 Å². The number of carbonyl (C=O) groups is 1. The predicted octanol–water partition coefficient (Wildman–Crippen LogP) is 2.53. The average molecular weight is 285 g/mol. The lowest BCUT2D eigenvalue weighted by molar-refractivity contribution is 0.0984. The number of phenolic OH excluding ortho intramolecular Hbond substituents is 2. The van der Waals surface area contributed by atoms with Crippen molar-refractivity contribution in [1.29, 1.82) is 0 Å². The molecule has 2 aromatic carbocycles. The number of aromatic hydroxyl groups is 2. The number of rotatable bonds is 1. The van der Waals surface area contributed by atoms with E-state index in [2.05, 4.69) is 0 Å². The molecule has 0 atom stereocenters. The molecule has 0 unspecified atom stereocenters. The molecule has 1 amide bonds. The Kier molecular flexibility index (Phi) is 3.39. The van der Waals surface area contributed by atoms with Gasteiger partial charge in [0.15, 0.2) is 0 Å². The molecule has 1 aliphatic rings. The van der Waals surface area contributed by atoms with Crippen molar-refractivity contribution in [2.75, 3.05) is 18.1 Å². The first kappa shape index (κ1) is 13.3. The highest BCUT2D eigenvalue weighted by atomic mass is 16.5. The van der Waals surface area contributed by atoms with Gasteiger partial charge in [-0.25, -0.2) is 0 Å². The van der Waals surface area contributed by atoms with Gasteiger partial charge in [0.25, 0.3) is 5.91 Å². The Balaban J connectivity index is 2.01. The summed E-state index contributed by atoms with van der Waals surface area (Å²) in [5.74, 6) is 0.0263. The van der Waals surface area contributed by atoms with Crippen molar-refractivity contribution in [2.24, 2.45) is 0 Å². The summed E-state index contributed by atoms with van der Waals surface area (Å²) in [4.78, 5) is 14.3. The van der Waals surface area contributed by atoms with Crippen molar-refractivity contribution >= 4 is 11.6 Å². The molecule has 0 radical (unpaired) electrons. The highest BCUT2D eigenvalue weighted by Crippen LogP contribution is 2.33. The number of nitrogens with zero attached hydrogens (tertiary/aromatic N) is 1. The zero-order valence-electron chi connectivity index (χ0n) is 11.3. The molecule has 108 valence electrons. The van der Waals surface area contributed by atoms with Crippen LogP contribution in [-0.2, 0) is 0 Å². The van der Waals surface area contributed by atoms with E-state index in [9.17, 15) is 15.0 Å². The number of hydrogen-bond acceptors (Lipinski definition) is 4. The number of amides is 1. The summed E-state index contributed by atoms with van der Waals surface area (Å²) >= 11 is 0. The van der Waals surface area contributed by atoms with Crippen LogP contribution < -0.4 is 9.64 Å².